The maximum absolute atomic E-state index is 10.2. The van der Waals surface area contributed by atoms with E-state index in [1.165, 1.54) is 11.3 Å². The summed E-state index contributed by atoms with van der Waals surface area (Å²) in [6, 6.07) is 12.8. The van der Waals surface area contributed by atoms with Crippen LogP contribution in [0.25, 0.3) is 21.8 Å². The van der Waals surface area contributed by atoms with Crippen LogP contribution in [0.2, 0.25) is 0 Å². The Kier molecular flexibility index (Phi) is 8.22. The van der Waals surface area contributed by atoms with Crippen LogP contribution < -0.4 is 14.2 Å². The Balaban J connectivity index is 1.47. The van der Waals surface area contributed by atoms with Crippen LogP contribution in [0.4, 0.5) is 0 Å². The fourth-order valence-electron chi connectivity index (χ4n) is 3.73. The Morgan fingerprint density at radius 2 is 1.57 bits per heavy atom. The molecular formula is C25H29NO8S. The second kappa shape index (κ2) is 11.3. The van der Waals surface area contributed by atoms with Crippen molar-refractivity contribution >= 4 is 11.3 Å². The molecule has 35 heavy (non-hydrogen) atoms. The lowest BCUT2D eigenvalue weighted by atomic mass is 9.99. The molecule has 1 saturated heterocycles. The molecule has 3 aromatic rings. The normalized spacial score (nSPS) is 24.2. The predicted octanol–water partition coefficient (Wildman–Crippen LogP) is 2.45. The summed E-state index contributed by atoms with van der Waals surface area (Å²) in [6.45, 7) is 4.42. The van der Waals surface area contributed by atoms with E-state index >= 15 is 0 Å². The molecule has 2 heterocycles. The van der Waals surface area contributed by atoms with Crippen molar-refractivity contribution in [1.29, 1.82) is 0 Å². The Bertz CT molecular complexity index is 1100. The minimum Gasteiger partial charge on any atom is -0.490 e. The van der Waals surface area contributed by atoms with Crippen molar-refractivity contribution in [3.05, 3.63) is 47.8 Å². The van der Waals surface area contributed by atoms with Crippen molar-refractivity contribution in [1.82, 2.24) is 4.98 Å². The minimum absolute atomic E-state index is 0.390. The van der Waals surface area contributed by atoms with Crippen molar-refractivity contribution in [2.75, 3.05) is 19.8 Å². The molecule has 0 unspecified atom stereocenters. The highest BCUT2D eigenvalue weighted by Crippen LogP contribution is 2.36. The van der Waals surface area contributed by atoms with Crippen LogP contribution in [0.5, 0.6) is 17.2 Å². The number of rotatable bonds is 9. The summed E-state index contributed by atoms with van der Waals surface area (Å²) in [6.07, 6.45) is -6.66. The van der Waals surface area contributed by atoms with E-state index in [1.807, 2.05) is 49.6 Å². The van der Waals surface area contributed by atoms with Gasteiger partial charge in [-0.05, 0) is 56.3 Å². The van der Waals surface area contributed by atoms with E-state index in [1.54, 1.807) is 12.1 Å². The number of aliphatic hydroxyl groups is 4. The first-order chi connectivity index (χ1) is 16.9. The molecule has 188 valence electrons. The van der Waals surface area contributed by atoms with Gasteiger partial charge in [-0.15, -0.1) is 11.3 Å². The summed E-state index contributed by atoms with van der Waals surface area (Å²) in [7, 11) is 0. The fraction of sp³-hybridized carbons (Fsp3) is 0.400. The first-order valence-corrected chi connectivity index (χ1v) is 12.3. The Labute approximate surface area is 207 Å². The van der Waals surface area contributed by atoms with Crippen molar-refractivity contribution in [3.8, 4) is 39.1 Å². The van der Waals surface area contributed by atoms with Gasteiger partial charge >= 0.3 is 0 Å². The van der Waals surface area contributed by atoms with Crippen molar-refractivity contribution in [3.63, 3.8) is 0 Å². The molecule has 5 atom stereocenters. The molecule has 1 aliphatic heterocycles. The minimum atomic E-state index is -1.50. The predicted molar refractivity (Wildman–Crippen MR) is 130 cm³/mol. The highest BCUT2D eigenvalue weighted by atomic mass is 32.1. The maximum atomic E-state index is 10.2. The number of aromatic nitrogens is 1. The highest BCUT2D eigenvalue weighted by molar-refractivity contribution is 7.13. The van der Waals surface area contributed by atoms with E-state index in [0.29, 0.717) is 30.5 Å². The van der Waals surface area contributed by atoms with Gasteiger partial charge in [0.2, 0.25) is 6.29 Å². The second-order valence-corrected chi connectivity index (χ2v) is 8.76. The Morgan fingerprint density at radius 1 is 0.886 bits per heavy atom. The molecule has 2 aromatic carbocycles. The van der Waals surface area contributed by atoms with Crippen LogP contribution in [-0.2, 0) is 4.74 Å². The van der Waals surface area contributed by atoms with E-state index in [9.17, 15) is 20.4 Å². The lowest BCUT2D eigenvalue weighted by Crippen LogP contribution is -2.60. The highest BCUT2D eigenvalue weighted by Gasteiger charge is 2.44. The third-order valence-electron chi connectivity index (χ3n) is 5.55. The first-order valence-electron chi connectivity index (χ1n) is 11.4. The SMILES string of the molecule is CCOc1ccc(-c2nc(-c3ccc(O[C@@H]4O[C@H](CO)[C@@H](O)[C@H](O)[C@H]4O)cc3)cs2)cc1OCC. The number of thiazole rings is 1. The average Bonchev–Trinajstić information content (AvgIpc) is 3.36. The van der Waals surface area contributed by atoms with E-state index in [-0.39, 0.29) is 0 Å². The first kappa shape index (κ1) is 25.4. The van der Waals surface area contributed by atoms with E-state index in [0.717, 1.165) is 21.8 Å². The molecule has 0 saturated carbocycles. The molecule has 10 heteroatoms. The quantitative estimate of drug-likeness (QED) is 0.348. The smallest absolute Gasteiger partial charge is 0.229 e. The van der Waals surface area contributed by atoms with Crippen LogP contribution in [-0.4, -0.2) is 75.9 Å². The zero-order chi connectivity index (χ0) is 24.9. The summed E-state index contributed by atoms with van der Waals surface area (Å²) in [5.41, 5.74) is 2.58. The number of hydrogen-bond donors (Lipinski definition) is 4. The molecule has 4 rings (SSSR count). The van der Waals surface area contributed by atoms with E-state index < -0.39 is 37.3 Å². The average molecular weight is 504 g/mol. The van der Waals surface area contributed by atoms with Gasteiger partial charge in [0, 0.05) is 16.5 Å². The van der Waals surface area contributed by atoms with Crippen LogP contribution in [0.3, 0.4) is 0 Å². The number of ether oxygens (including phenoxy) is 4. The van der Waals surface area contributed by atoms with Gasteiger partial charge in [-0.25, -0.2) is 4.98 Å². The van der Waals surface area contributed by atoms with Crippen LogP contribution in [0.1, 0.15) is 13.8 Å². The molecule has 9 nitrogen and oxygen atoms in total. The fourth-order valence-corrected chi connectivity index (χ4v) is 4.55. The summed E-state index contributed by atoms with van der Waals surface area (Å²) in [4.78, 5) is 4.75. The van der Waals surface area contributed by atoms with E-state index in [4.69, 9.17) is 23.9 Å². The maximum Gasteiger partial charge on any atom is 0.229 e. The molecule has 0 radical (unpaired) electrons. The molecular weight excluding hydrogens is 474 g/mol. The second-order valence-electron chi connectivity index (χ2n) is 7.90. The van der Waals surface area contributed by atoms with Crippen molar-refractivity contribution in [2.45, 2.75) is 44.6 Å². The van der Waals surface area contributed by atoms with Gasteiger partial charge < -0.3 is 39.4 Å². The largest absolute Gasteiger partial charge is 0.490 e. The molecule has 1 fully saturated rings. The van der Waals surface area contributed by atoms with Gasteiger partial charge in [0.1, 0.15) is 35.2 Å². The monoisotopic (exact) mass is 503 g/mol. The van der Waals surface area contributed by atoms with Crippen molar-refractivity contribution in [2.24, 2.45) is 0 Å². The Morgan fingerprint density at radius 3 is 2.26 bits per heavy atom. The third-order valence-corrected chi connectivity index (χ3v) is 6.44. The Hall–Kier alpha value is -2.73. The van der Waals surface area contributed by atoms with Crippen molar-refractivity contribution < 1.29 is 39.4 Å². The van der Waals surface area contributed by atoms with Crippen LogP contribution in [0.15, 0.2) is 47.8 Å². The molecule has 4 N–H and O–H groups in total. The zero-order valence-electron chi connectivity index (χ0n) is 19.4. The molecule has 1 aromatic heterocycles. The number of nitrogens with zero attached hydrogens (tertiary/aromatic N) is 1. The number of benzene rings is 2. The van der Waals surface area contributed by atoms with Gasteiger partial charge in [-0.3, -0.25) is 0 Å². The molecule has 1 aliphatic rings. The van der Waals surface area contributed by atoms with Gasteiger partial charge in [-0.2, -0.15) is 0 Å². The summed E-state index contributed by atoms with van der Waals surface area (Å²) in [5.74, 6) is 1.77. The molecule has 0 aliphatic carbocycles. The lowest BCUT2D eigenvalue weighted by Gasteiger charge is -2.39. The number of hydrogen-bond acceptors (Lipinski definition) is 10. The summed E-state index contributed by atoms with van der Waals surface area (Å²) < 4.78 is 22.4. The van der Waals surface area contributed by atoms with Gasteiger partial charge in [0.15, 0.2) is 11.5 Å². The third kappa shape index (κ3) is 5.58. The molecule has 0 amide bonds. The van der Waals surface area contributed by atoms with Crippen LogP contribution >= 0.6 is 11.3 Å². The van der Waals surface area contributed by atoms with Crippen LogP contribution in [0, 0.1) is 0 Å². The molecule has 0 bridgehead atoms. The topological polar surface area (TPSA) is 131 Å². The van der Waals surface area contributed by atoms with E-state index in [2.05, 4.69) is 0 Å². The van der Waals surface area contributed by atoms with Gasteiger partial charge in [0.05, 0.1) is 25.5 Å². The summed E-state index contributed by atoms with van der Waals surface area (Å²) in [5, 5.41) is 42.1. The standard InChI is InChI=1S/C25H29NO8S/c1-3-31-18-10-7-15(11-19(18)32-4-2)24-26-17(13-35-24)14-5-8-16(9-6-14)33-25-23(30)22(29)21(28)20(12-27)34-25/h5-11,13,20-23,25,27-30H,3-4,12H2,1-2H3/t20-,21-,22+,23-,25-/m1/s1. The lowest BCUT2D eigenvalue weighted by molar-refractivity contribution is -0.277. The summed E-state index contributed by atoms with van der Waals surface area (Å²) >= 11 is 1.51. The van der Waals surface area contributed by atoms with Gasteiger partial charge in [0.25, 0.3) is 0 Å². The molecule has 0 spiro atoms. The van der Waals surface area contributed by atoms with Gasteiger partial charge in [-0.1, -0.05) is 0 Å². The zero-order valence-corrected chi connectivity index (χ0v) is 20.2. The number of aliphatic hydroxyl groups excluding tert-OH is 4.